The standard InChI is InChI=1S/C17H22N8/c1-24(12-16-20-6-4-15(19)23-16)14-3-2-7-25(8-5-14)17-11-21-13(9-18)10-22-17/h4,6,10-11,14H,2-3,5,7-8,12H2,1H3,(H2,19,20,23)/t14-/m1/s1. The third-order valence-corrected chi connectivity index (χ3v) is 4.52. The van der Waals surface area contributed by atoms with Gasteiger partial charge in [-0.1, -0.05) is 0 Å². The van der Waals surface area contributed by atoms with Crippen LogP contribution < -0.4 is 10.6 Å². The Balaban J connectivity index is 1.59. The first-order chi connectivity index (χ1) is 12.2. The lowest BCUT2D eigenvalue weighted by Crippen LogP contribution is -2.33. The van der Waals surface area contributed by atoms with E-state index in [0.717, 1.165) is 44.0 Å². The molecular weight excluding hydrogens is 316 g/mol. The van der Waals surface area contributed by atoms with Crippen molar-refractivity contribution in [3.63, 3.8) is 0 Å². The minimum absolute atomic E-state index is 0.346. The normalized spacial score (nSPS) is 18.0. The van der Waals surface area contributed by atoms with Gasteiger partial charge in [0.05, 0.1) is 18.9 Å². The second-order valence-electron chi connectivity index (χ2n) is 6.26. The predicted molar refractivity (Wildman–Crippen MR) is 94.5 cm³/mol. The summed E-state index contributed by atoms with van der Waals surface area (Å²) < 4.78 is 0. The molecule has 0 aromatic carbocycles. The minimum atomic E-state index is 0.346. The fourth-order valence-electron chi connectivity index (χ4n) is 3.13. The SMILES string of the molecule is CN(Cc1nccc(N)n1)[C@@H]1CCCN(c2cnc(C#N)cn2)CC1. The van der Waals surface area contributed by atoms with E-state index in [1.54, 1.807) is 18.5 Å². The first kappa shape index (κ1) is 17.0. The molecule has 0 unspecified atom stereocenters. The Labute approximate surface area is 147 Å². The molecule has 0 spiro atoms. The molecule has 0 radical (unpaired) electrons. The molecule has 2 aromatic heterocycles. The summed E-state index contributed by atoms with van der Waals surface area (Å²) in [5.41, 5.74) is 6.08. The van der Waals surface area contributed by atoms with Gasteiger partial charge in [-0.3, -0.25) is 4.90 Å². The molecule has 3 rings (SSSR count). The molecule has 0 saturated carbocycles. The molecule has 8 heteroatoms. The molecule has 0 aliphatic carbocycles. The van der Waals surface area contributed by atoms with Crippen LogP contribution >= 0.6 is 0 Å². The summed E-state index contributed by atoms with van der Waals surface area (Å²) in [5, 5.41) is 8.83. The maximum absolute atomic E-state index is 8.83. The van der Waals surface area contributed by atoms with Gasteiger partial charge >= 0.3 is 0 Å². The van der Waals surface area contributed by atoms with Gasteiger partial charge in [0, 0.05) is 25.3 Å². The minimum Gasteiger partial charge on any atom is -0.384 e. The zero-order chi connectivity index (χ0) is 17.6. The molecular formula is C17H22N8. The largest absolute Gasteiger partial charge is 0.384 e. The van der Waals surface area contributed by atoms with E-state index in [4.69, 9.17) is 11.0 Å². The molecule has 1 fully saturated rings. The summed E-state index contributed by atoms with van der Waals surface area (Å²) >= 11 is 0. The van der Waals surface area contributed by atoms with Gasteiger partial charge < -0.3 is 10.6 Å². The van der Waals surface area contributed by atoms with Gasteiger partial charge in [0.1, 0.15) is 23.5 Å². The molecule has 1 aliphatic rings. The third kappa shape index (κ3) is 4.39. The molecule has 0 amide bonds. The van der Waals surface area contributed by atoms with Crippen LogP contribution in [0.1, 0.15) is 30.8 Å². The van der Waals surface area contributed by atoms with E-state index in [2.05, 4.69) is 36.8 Å². The predicted octanol–water partition coefficient (Wildman–Crippen LogP) is 1.21. The summed E-state index contributed by atoms with van der Waals surface area (Å²) in [6.07, 6.45) is 8.13. The van der Waals surface area contributed by atoms with Gasteiger partial charge in [-0.05, 0) is 32.4 Å². The van der Waals surface area contributed by atoms with E-state index in [1.165, 1.54) is 6.20 Å². The number of hydrogen-bond acceptors (Lipinski definition) is 8. The summed E-state index contributed by atoms with van der Waals surface area (Å²) in [7, 11) is 2.11. The van der Waals surface area contributed by atoms with Crippen molar-refractivity contribution in [1.82, 2.24) is 24.8 Å². The first-order valence-electron chi connectivity index (χ1n) is 8.40. The van der Waals surface area contributed by atoms with Gasteiger partial charge in [0.25, 0.3) is 0 Å². The molecule has 1 saturated heterocycles. The van der Waals surface area contributed by atoms with E-state index in [-0.39, 0.29) is 0 Å². The molecule has 0 bridgehead atoms. The lowest BCUT2D eigenvalue weighted by Gasteiger charge is -2.26. The quantitative estimate of drug-likeness (QED) is 0.886. The molecule has 3 heterocycles. The Hall–Kier alpha value is -2.79. The average Bonchev–Trinajstić information content (AvgIpc) is 2.88. The van der Waals surface area contributed by atoms with E-state index in [9.17, 15) is 0 Å². The Kier molecular flexibility index (Phi) is 5.36. The van der Waals surface area contributed by atoms with Crippen molar-refractivity contribution in [2.75, 3.05) is 30.8 Å². The van der Waals surface area contributed by atoms with Crippen molar-refractivity contribution in [2.45, 2.75) is 31.8 Å². The highest BCUT2D eigenvalue weighted by atomic mass is 15.2. The summed E-state index contributed by atoms with van der Waals surface area (Å²) in [6.45, 7) is 2.54. The number of nitrogens with two attached hydrogens (primary N) is 1. The second kappa shape index (κ2) is 7.85. The third-order valence-electron chi connectivity index (χ3n) is 4.52. The van der Waals surface area contributed by atoms with E-state index >= 15 is 0 Å². The number of nitrogens with zero attached hydrogens (tertiary/aromatic N) is 7. The van der Waals surface area contributed by atoms with Gasteiger partial charge in [-0.25, -0.2) is 19.9 Å². The lowest BCUT2D eigenvalue weighted by molar-refractivity contribution is 0.212. The van der Waals surface area contributed by atoms with Crippen LogP contribution in [0.25, 0.3) is 0 Å². The maximum Gasteiger partial charge on any atom is 0.158 e. The number of nitriles is 1. The molecule has 25 heavy (non-hydrogen) atoms. The summed E-state index contributed by atoms with van der Waals surface area (Å²) in [5.74, 6) is 2.09. The van der Waals surface area contributed by atoms with Crippen molar-refractivity contribution in [3.05, 3.63) is 36.2 Å². The van der Waals surface area contributed by atoms with Crippen molar-refractivity contribution in [1.29, 1.82) is 5.26 Å². The number of anilines is 2. The van der Waals surface area contributed by atoms with Gasteiger partial charge in [0.2, 0.25) is 0 Å². The summed E-state index contributed by atoms with van der Waals surface area (Å²) in [6, 6.07) is 4.16. The highest BCUT2D eigenvalue weighted by molar-refractivity contribution is 5.37. The van der Waals surface area contributed by atoms with Crippen molar-refractivity contribution < 1.29 is 0 Å². The Bertz CT molecular complexity index is 739. The van der Waals surface area contributed by atoms with Crippen LogP contribution in [0.3, 0.4) is 0 Å². The number of rotatable bonds is 4. The fourth-order valence-corrected chi connectivity index (χ4v) is 3.13. The maximum atomic E-state index is 8.83. The monoisotopic (exact) mass is 338 g/mol. The Morgan fingerprint density at radius 1 is 1.28 bits per heavy atom. The fraction of sp³-hybridized carbons (Fsp3) is 0.471. The molecule has 2 N–H and O–H groups in total. The number of aromatic nitrogens is 4. The van der Waals surface area contributed by atoms with Gasteiger partial charge in [-0.2, -0.15) is 5.26 Å². The molecule has 8 nitrogen and oxygen atoms in total. The topological polar surface area (TPSA) is 108 Å². The summed E-state index contributed by atoms with van der Waals surface area (Å²) in [4.78, 5) is 21.6. The Morgan fingerprint density at radius 3 is 2.88 bits per heavy atom. The van der Waals surface area contributed by atoms with E-state index in [0.29, 0.717) is 24.1 Å². The highest BCUT2D eigenvalue weighted by Crippen LogP contribution is 2.20. The van der Waals surface area contributed by atoms with Crippen LogP contribution in [0.5, 0.6) is 0 Å². The van der Waals surface area contributed by atoms with Crippen LogP contribution in [0.2, 0.25) is 0 Å². The molecule has 130 valence electrons. The lowest BCUT2D eigenvalue weighted by atomic mass is 10.1. The van der Waals surface area contributed by atoms with Crippen LogP contribution in [0.4, 0.5) is 11.6 Å². The smallest absolute Gasteiger partial charge is 0.158 e. The molecule has 1 aliphatic heterocycles. The number of hydrogen-bond donors (Lipinski definition) is 1. The van der Waals surface area contributed by atoms with Gasteiger partial charge in [-0.15, -0.1) is 0 Å². The molecule has 1 atom stereocenters. The second-order valence-corrected chi connectivity index (χ2v) is 6.26. The van der Waals surface area contributed by atoms with Crippen LogP contribution in [-0.4, -0.2) is 51.0 Å². The van der Waals surface area contributed by atoms with Crippen molar-refractivity contribution in [3.8, 4) is 6.07 Å². The number of nitrogen functional groups attached to an aromatic ring is 1. The molecule has 2 aromatic rings. The van der Waals surface area contributed by atoms with Crippen molar-refractivity contribution >= 4 is 11.6 Å². The van der Waals surface area contributed by atoms with Gasteiger partial charge in [0.15, 0.2) is 5.69 Å². The van der Waals surface area contributed by atoms with Crippen LogP contribution in [-0.2, 0) is 6.54 Å². The van der Waals surface area contributed by atoms with Crippen molar-refractivity contribution in [2.24, 2.45) is 0 Å². The zero-order valence-electron chi connectivity index (χ0n) is 14.3. The van der Waals surface area contributed by atoms with E-state index in [1.807, 2.05) is 6.07 Å². The highest BCUT2D eigenvalue weighted by Gasteiger charge is 2.22. The average molecular weight is 338 g/mol. The van der Waals surface area contributed by atoms with Crippen LogP contribution in [0.15, 0.2) is 24.7 Å². The first-order valence-corrected chi connectivity index (χ1v) is 8.40. The Morgan fingerprint density at radius 2 is 2.16 bits per heavy atom. The zero-order valence-corrected chi connectivity index (χ0v) is 14.3. The van der Waals surface area contributed by atoms with E-state index < -0.39 is 0 Å². The van der Waals surface area contributed by atoms with Crippen LogP contribution in [0, 0.1) is 11.3 Å².